The van der Waals surface area contributed by atoms with Crippen molar-refractivity contribution in [1.29, 1.82) is 0 Å². The SMILES string of the molecule is COc1cc(-c2nccc(-c3cccc(NC(=O)c4ccc(CNC[C@H]5CCC(=O)N5)cn4)c3C)c2Cl)ccc1CNCCO. The second-order valence-electron chi connectivity index (χ2n) is 10.9. The molecule has 10 nitrogen and oxygen atoms in total. The van der Waals surface area contributed by atoms with E-state index in [0.29, 0.717) is 60.4 Å². The molecule has 3 heterocycles. The molecule has 1 saturated heterocycles. The van der Waals surface area contributed by atoms with Crippen molar-refractivity contribution in [2.24, 2.45) is 0 Å². The molecule has 2 aromatic carbocycles. The molecule has 5 N–H and O–H groups in total. The summed E-state index contributed by atoms with van der Waals surface area (Å²) in [4.78, 5) is 33.4. The number of halogens is 1. The van der Waals surface area contributed by atoms with E-state index >= 15 is 0 Å². The topological polar surface area (TPSA) is 138 Å². The van der Waals surface area contributed by atoms with Gasteiger partial charge in [-0.3, -0.25) is 19.6 Å². The lowest BCUT2D eigenvalue weighted by atomic mass is 9.97. The van der Waals surface area contributed by atoms with Gasteiger partial charge in [-0.15, -0.1) is 0 Å². The van der Waals surface area contributed by atoms with E-state index in [-0.39, 0.29) is 24.5 Å². The maximum atomic E-state index is 13.1. The number of hydrogen-bond acceptors (Lipinski definition) is 8. The fourth-order valence-corrected chi connectivity index (χ4v) is 5.65. The standard InChI is InChI=1S/C34H37ClN6O4/c1-21-26(27-12-13-38-33(32(27)35)23-7-8-24(19-36-14-15-42)30(16-23)45-2)4-3-5-28(21)41-34(44)29-10-6-22(18-39-29)17-37-20-25-9-11-31(43)40-25/h3-8,10,12-13,16,18,25,36-37,42H,9,11,14-15,17,19-20H2,1-2H3,(H,40,43)(H,41,44)/t25-/m1/s1. The number of carbonyl (C=O) groups excluding carboxylic acids is 2. The molecule has 0 spiro atoms. The summed E-state index contributed by atoms with van der Waals surface area (Å²) in [6, 6.07) is 17.1. The molecule has 0 radical (unpaired) electrons. The Bertz CT molecular complexity index is 1660. The first kappa shape index (κ1) is 32.1. The normalized spacial score (nSPS) is 14.3. The number of ether oxygens (including phenoxy) is 1. The van der Waals surface area contributed by atoms with Gasteiger partial charge < -0.3 is 31.1 Å². The lowest BCUT2D eigenvalue weighted by molar-refractivity contribution is -0.119. The van der Waals surface area contributed by atoms with Crippen LogP contribution in [0.4, 0.5) is 5.69 Å². The monoisotopic (exact) mass is 628 g/mol. The average Bonchev–Trinajstić information content (AvgIpc) is 3.47. The van der Waals surface area contributed by atoms with Gasteiger partial charge in [-0.1, -0.05) is 41.9 Å². The molecule has 0 bridgehead atoms. The Labute approximate surface area is 267 Å². The van der Waals surface area contributed by atoms with Gasteiger partial charge in [0.05, 0.1) is 24.4 Å². The van der Waals surface area contributed by atoms with E-state index in [0.717, 1.165) is 39.8 Å². The van der Waals surface area contributed by atoms with Crippen molar-refractivity contribution in [3.63, 3.8) is 0 Å². The number of aliphatic hydroxyl groups excluding tert-OH is 1. The number of aliphatic hydroxyl groups is 1. The number of benzene rings is 2. The van der Waals surface area contributed by atoms with E-state index < -0.39 is 0 Å². The lowest BCUT2D eigenvalue weighted by Gasteiger charge is -2.16. The lowest BCUT2D eigenvalue weighted by Crippen LogP contribution is -2.35. The minimum absolute atomic E-state index is 0.0593. The number of nitrogens with zero attached hydrogens (tertiary/aromatic N) is 2. The molecule has 1 fully saturated rings. The molecule has 2 amide bonds. The van der Waals surface area contributed by atoms with E-state index in [2.05, 4.69) is 31.2 Å². The van der Waals surface area contributed by atoms with Crippen molar-refractivity contribution in [1.82, 2.24) is 25.9 Å². The van der Waals surface area contributed by atoms with E-state index in [1.54, 1.807) is 25.6 Å². The second-order valence-corrected chi connectivity index (χ2v) is 11.2. The number of nitrogens with one attached hydrogen (secondary N) is 4. The van der Waals surface area contributed by atoms with Gasteiger partial charge in [0.15, 0.2) is 0 Å². The van der Waals surface area contributed by atoms with Crippen molar-refractivity contribution >= 4 is 29.1 Å². The molecule has 4 aromatic rings. The fraction of sp³-hybridized carbons (Fsp3) is 0.294. The summed E-state index contributed by atoms with van der Waals surface area (Å²) < 4.78 is 5.61. The van der Waals surface area contributed by atoms with Gasteiger partial charge in [-0.05, 0) is 54.3 Å². The zero-order valence-corrected chi connectivity index (χ0v) is 26.1. The van der Waals surface area contributed by atoms with Crippen LogP contribution in [0, 0.1) is 6.92 Å². The zero-order valence-electron chi connectivity index (χ0n) is 25.3. The van der Waals surface area contributed by atoms with Gasteiger partial charge in [0.1, 0.15) is 11.4 Å². The van der Waals surface area contributed by atoms with Crippen molar-refractivity contribution in [3.8, 4) is 28.1 Å². The predicted molar refractivity (Wildman–Crippen MR) is 175 cm³/mol. The Morgan fingerprint density at radius 2 is 1.96 bits per heavy atom. The largest absolute Gasteiger partial charge is 0.496 e. The quantitative estimate of drug-likeness (QED) is 0.137. The van der Waals surface area contributed by atoms with Crippen molar-refractivity contribution in [2.45, 2.75) is 38.9 Å². The summed E-state index contributed by atoms with van der Waals surface area (Å²) in [6.07, 6.45) is 4.82. The molecule has 45 heavy (non-hydrogen) atoms. The summed E-state index contributed by atoms with van der Waals surface area (Å²) in [5.74, 6) is 0.477. The van der Waals surface area contributed by atoms with Crippen LogP contribution in [0.5, 0.6) is 5.75 Å². The van der Waals surface area contributed by atoms with E-state index in [1.165, 1.54) is 0 Å². The molecule has 0 aliphatic carbocycles. The van der Waals surface area contributed by atoms with Crippen molar-refractivity contribution in [2.75, 3.05) is 32.1 Å². The second kappa shape index (κ2) is 15.1. The molecule has 11 heteroatoms. The Balaban J connectivity index is 1.29. The van der Waals surface area contributed by atoms with Crippen LogP contribution in [0.2, 0.25) is 5.02 Å². The molecule has 1 aliphatic rings. The molecule has 234 valence electrons. The highest BCUT2D eigenvalue weighted by Gasteiger charge is 2.20. The van der Waals surface area contributed by atoms with Gasteiger partial charge in [-0.25, -0.2) is 0 Å². The number of amides is 2. The Hall–Kier alpha value is -4.35. The summed E-state index contributed by atoms with van der Waals surface area (Å²) in [5.41, 5.74) is 6.79. The average molecular weight is 629 g/mol. The number of aromatic nitrogens is 2. The zero-order chi connectivity index (χ0) is 31.8. The van der Waals surface area contributed by atoms with Crippen LogP contribution in [0.25, 0.3) is 22.4 Å². The van der Waals surface area contributed by atoms with Gasteiger partial charge in [0.25, 0.3) is 5.91 Å². The van der Waals surface area contributed by atoms with Crippen molar-refractivity contribution < 1.29 is 19.4 Å². The van der Waals surface area contributed by atoms with Crippen LogP contribution in [-0.2, 0) is 17.9 Å². The maximum absolute atomic E-state index is 13.1. The van der Waals surface area contributed by atoms with E-state index in [1.807, 2.05) is 55.5 Å². The van der Waals surface area contributed by atoms with Crippen molar-refractivity contribution in [3.05, 3.63) is 94.4 Å². The fourth-order valence-electron chi connectivity index (χ4n) is 5.33. The van der Waals surface area contributed by atoms with Crippen LogP contribution in [0.1, 0.15) is 40.0 Å². The van der Waals surface area contributed by atoms with Crippen LogP contribution in [0.3, 0.4) is 0 Å². The molecule has 2 aromatic heterocycles. The molecular weight excluding hydrogens is 592 g/mol. The minimum atomic E-state index is -0.314. The summed E-state index contributed by atoms with van der Waals surface area (Å²) >= 11 is 6.97. The Morgan fingerprint density at radius 1 is 1.09 bits per heavy atom. The number of anilines is 1. The summed E-state index contributed by atoms with van der Waals surface area (Å²) in [5, 5.41) is 22.0. The minimum Gasteiger partial charge on any atom is -0.496 e. The number of rotatable bonds is 13. The van der Waals surface area contributed by atoms with E-state index in [9.17, 15) is 9.59 Å². The summed E-state index contributed by atoms with van der Waals surface area (Å²) in [7, 11) is 1.62. The number of hydrogen-bond donors (Lipinski definition) is 5. The van der Waals surface area contributed by atoms with E-state index in [4.69, 9.17) is 21.4 Å². The van der Waals surface area contributed by atoms with Crippen LogP contribution in [0.15, 0.2) is 67.0 Å². The highest BCUT2D eigenvalue weighted by molar-refractivity contribution is 6.35. The maximum Gasteiger partial charge on any atom is 0.274 e. The van der Waals surface area contributed by atoms with Gasteiger partial charge in [0.2, 0.25) is 5.91 Å². The third kappa shape index (κ3) is 7.84. The predicted octanol–water partition coefficient (Wildman–Crippen LogP) is 4.48. The van der Waals surface area contributed by atoms with Crippen LogP contribution >= 0.6 is 11.6 Å². The highest BCUT2D eigenvalue weighted by Crippen LogP contribution is 2.39. The number of carbonyl (C=O) groups is 2. The van der Waals surface area contributed by atoms with Crippen LogP contribution in [-0.4, -0.2) is 59.7 Å². The third-order valence-electron chi connectivity index (χ3n) is 7.79. The molecule has 0 unspecified atom stereocenters. The molecule has 1 aliphatic heterocycles. The van der Waals surface area contributed by atoms with Gasteiger partial charge in [0, 0.05) is 73.4 Å². The smallest absolute Gasteiger partial charge is 0.274 e. The van der Waals surface area contributed by atoms with Crippen LogP contribution < -0.4 is 26.0 Å². The molecular formula is C34H37ClN6O4. The first-order chi connectivity index (χ1) is 21.9. The first-order valence-electron chi connectivity index (χ1n) is 14.9. The molecule has 0 saturated carbocycles. The van der Waals surface area contributed by atoms with Gasteiger partial charge in [-0.2, -0.15) is 0 Å². The molecule has 5 rings (SSSR count). The Kier molecular flexibility index (Phi) is 10.7. The number of methoxy groups -OCH3 is 1. The highest BCUT2D eigenvalue weighted by atomic mass is 35.5. The number of pyridine rings is 2. The van der Waals surface area contributed by atoms with Gasteiger partial charge >= 0.3 is 0 Å². The molecule has 1 atom stereocenters. The summed E-state index contributed by atoms with van der Waals surface area (Å²) in [6.45, 7) is 4.33. The first-order valence-corrected chi connectivity index (χ1v) is 15.3. The Morgan fingerprint density at radius 3 is 2.69 bits per heavy atom. The third-order valence-corrected chi connectivity index (χ3v) is 8.17.